The summed E-state index contributed by atoms with van der Waals surface area (Å²) in [5.41, 5.74) is 28.5. The fourth-order valence-corrected chi connectivity index (χ4v) is 25.0. The summed E-state index contributed by atoms with van der Waals surface area (Å²) in [6.45, 7) is 46.9. The number of rotatable bonds is 14. The Morgan fingerprint density at radius 3 is 0.931 bits per heavy atom. The Kier molecular flexibility index (Phi) is 35.5. The van der Waals surface area contributed by atoms with Gasteiger partial charge in [-0.2, -0.15) is 13.3 Å². The third-order valence-electron chi connectivity index (χ3n) is 19.6. The molecule has 5 fully saturated rings. The third-order valence-corrected chi connectivity index (χ3v) is 27.9. The molecule has 0 radical (unpaired) electrons. The standard InChI is InChI=1S/2C21H27N2.C18H33P.C11H14O.C10H12O.C7H6.4ClH.2Ru/c2*1-14-9-16(3)20(17(4)10-14)22-7-8-23(13-22)21-18(5)11-15(2)12-19(21)6;1-4-10-16(11-5-1)19(17-12-6-2-7-13-17)18-14-8-3-9-15-18;1-4-10-7-5-6-8-11(10)12-9(2)3;1-8(2)11-10-7-5-4-6-9(10)3;1-7-5-3-2-4-6-7;;;;;;/h2*9-13H,7-8H2,1-6H3;16-18H,1-15H2;4-9H,1H2,2-3H3;3-8H,1-2H3;1-6H;4*1H;;/q2*-1;;;;;;;;;2*+2/p-3. The first-order valence-electron chi connectivity index (χ1n) is 37.1. The fourth-order valence-electron chi connectivity index (χ4n) is 16.1. The Morgan fingerprint density at radius 1 is 0.386 bits per heavy atom. The van der Waals surface area contributed by atoms with Crippen molar-refractivity contribution in [2.75, 3.05) is 45.8 Å². The van der Waals surface area contributed by atoms with Crippen molar-refractivity contribution in [3.63, 3.8) is 0 Å². The first-order chi connectivity index (χ1) is 48.3. The first-order valence-corrected chi connectivity index (χ1v) is 49.8. The fraction of sp³-hybridized carbons (Fsp3) is 0.455. The van der Waals surface area contributed by atoms with Crippen LogP contribution in [0.1, 0.15) is 207 Å². The molecule has 7 aromatic rings. The van der Waals surface area contributed by atoms with Crippen molar-refractivity contribution in [2.24, 2.45) is 0 Å². The predicted molar refractivity (Wildman–Crippen MR) is 444 cm³/mol. The van der Waals surface area contributed by atoms with E-state index < -0.39 is 27.0 Å². The van der Waals surface area contributed by atoms with E-state index in [-0.39, 0.29) is 20.1 Å². The van der Waals surface area contributed by atoms with E-state index in [9.17, 15) is 0 Å². The first kappa shape index (κ1) is 83.9. The molecule has 554 valence electrons. The Morgan fingerprint density at radius 2 is 0.653 bits per heavy atom. The van der Waals surface area contributed by atoms with Crippen molar-refractivity contribution in [3.8, 4) is 11.5 Å². The van der Waals surface area contributed by atoms with Crippen molar-refractivity contribution < 1.29 is 36.5 Å². The van der Waals surface area contributed by atoms with Crippen LogP contribution in [0.15, 0.2) is 134 Å². The molecule has 0 amide bonds. The molecule has 2 aliphatic heterocycles. The Labute approximate surface area is 640 Å². The van der Waals surface area contributed by atoms with Gasteiger partial charge in [-0.3, -0.25) is 0 Å². The zero-order valence-corrected chi connectivity index (χ0v) is 71.4. The molecular weight excluding hydrogens is 1520 g/mol. The van der Waals surface area contributed by atoms with Crippen LogP contribution in [0.25, 0.3) is 6.08 Å². The van der Waals surface area contributed by atoms with Gasteiger partial charge in [-0.15, -0.1) is 0 Å². The van der Waals surface area contributed by atoms with Crippen LogP contribution in [0.5, 0.6) is 11.5 Å². The zero-order valence-electron chi connectivity index (χ0n) is 63.9. The van der Waals surface area contributed by atoms with Crippen LogP contribution in [0.3, 0.4) is 0 Å². The average Bonchev–Trinajstić information content (AvgIpc) is 1.69. The third kappa shape index (κ3) is 26.6. The van der Waals surface area contributed by atoms with Gasteiger partial charge in [0, 0.05) is 62.4 Å². The molecule has 2 saturated heterocycles. The number of hydrogen-bond acceptors (Lipinski definition) is 6. The van der Waals surface area contributed by atoms with Crippen molar-refractivity contribution >= 4 is 84.7 Å². The number of ether oxygens (including phenoxy) is 2. The van der Waals surface area contributed by atoms with E-state index >= 15 is 0 Å². The van der Waals surface area contributed by atoms with Gasteiger partial charge in [0.1, 0.15) is 5.75 Å². The summed E-state index contributed by atoms with van der Waals surface area (Å²) in [6, 6.07) is 43.8. The molecule has 0 spiro atoms. The molecule has 0 unspecified atom stereocenters. The van der Waals surface area contributed by atoms with Gasteiger partial charge in [0.15, 0.2) is 0 Å². The van der Waals surface area contributed by atoms with E-state index in [1.54, 1.807) is 102 Å². The zero-order chi connectivity index (χ0) is 73.3. The minimum atomic E-state index is -1.77. The second kappa shape index (κ2) is 42.7. The number of aryl methyl sites for hydroxylation is 12. The van der Waals surface area contributed by atoms with E-state index in [0.29, 0.717) is 0 Å². The molecule has 2 heterocycles. The molecule has 0 bridgehead atoms. The Hall–Kier alpha value is -4.34. The molecule has 13 heteroatoms. The van der Waals surface area contributed by atoms with Crippen molar-refractivity contribution in [3.05, 3.63) is 231 Å². The average molecular weight is 1640 g/mol. The number of anilines is 4. The molecule has 5 aliphatic rings. The van der Waals surface area contributed by atoms with Gasteiger partial charge in [0.2, 0.25) is 0 Å². The van der Waals surface area contributed by atoms with E-state index in [2.05, 4.69) is 171 Å². The molecule has 12 rings (SSSR count). The van der Waals surface area contributed by atoms with Gasteiger partial charge in [-0.05, 0) is 225 Å². The second-order valence-electron chi connectivity index (χ2n) is 29.1. The molecular formula is C88H120Cl4N4O2PRu2-. The normalized spacial score (nSPS) is 16.0. The van der Waals surface area contributed by atoms with Crippen LogP contribution in [-0.4, -0.2) is 64.6 Å². The summed E-state index contributed by atoms with van der Waals surface area (Å²) in [5.74, 6) is 1.75. The number of halogens is 4. The summed E-state index contributed by atoms with van der Waals surface area (Å²) >= 11 is -3.39. The van der Waals surface area contributed by atoms with Crippen LogP contribution in [-0.2, 0) is 27.0 Å². The summed E-state index contributed by atoms with van der Waals surface area (Å²) in [7, 11) is 22.9. The van der Waals surface area contributed by atoms with Crippen molar-refractivity contribution in [1.82, 2.24) is 0 Å². The molecule has 6 nitrogen and oxygen atoms in total. The number of para-hydroxylation sites is 2. The minimum absolute atomic E-state index is 0.0465. The van der Waals surface area contributed by atoms with E-state index in [4.69, 9.17) is 48.2 Å². The molecule has 101 heavy (non-hydrogen) atoms. The number of nitrogens with zero attached hydrogens (tertiary/aromatic N) is 4. The van der Waals surface area contributed by atoms with E-state index in [1.807, 2.05) is 116 Å². The van der Waals surface area contributed by atoms with Gasteiger partial charge in [0.05, 0.1) is 23.1 Å². The topological polar surface area (TPSA) is 31.4 Å². The monoisotopic (exact) mass is 1640 g/mol. The van der Waals surface area contributed by atoms with E-state index in [1.165, 1.54) is 106 Å². The molecule has 0 atom stereocenters. The molecule has 7 aromatic carbocycles. The Balaban J connectivity index is 0.000000174. The summed E-state index contributed by atoms with van der Waals surface area (Å²) < 4.78 is 15.0. The van der Waals surface area contributed by atoms with Gasteiger partial charge in [-0.1, -0.05) is 121 Å². The van der Waals surface area contributed by atoms with Crippen LogP contribution in [0.2, 0.25) is 0 Å². The van der Waals surface area contributed by atoms with Gasteiger partial charge in [-0.25, -0.2) is 0 Å². The number of benzene rings is 7. The summed E-state index contributed by atoms with van der Waals surface area (Å²) in [5, 5.41) is 0. The number of hydrogen-bond donors (Lipinski definition) is 0. The quantitative estimate of drug-likeness (QED) is 0.0613. The van der Waals surface area contributed by atoms with Gasteiger partial charge in [0.25, 0.3) is 0 Å². The van der Waals surface area contributed by atoms with Crippen LogP contribution >= 0.6 is 46.7 Å². The van der Waals surface area contributed by atoms with Crippen LogP contribution in [0, 0.1) is 96.4 Å². The SMILES string of the molecule is C1CCC([PH+](C2CCCCC2)C2CCCCC2)CC1.C=Cc1ccccc1OC(C)C.CC(C)Oc1ccccc1[CH]=[Ru]([Cl])[Cl].Cc1cc(C)c(N2[CH-]N(c3c(C)cc(C)cc3C)CC2)c(C)c1.Cc1cc(C)c(N2[CH-]N(c3c(C)cc(C)cc3C)CC2)c(C)c1.[Cl][Ru]([Cl])=[CH]c1ccccc1. The molecule has 0 N–H and O–H groups in total. The molecule has 0 aromatic heterocycles. The van der Waals surface area contributed by atoms with Gasteiger partial charge >= 0.3 is 171 Å². The molecule has 3 saturated carbocycles. The van der Waals surface area contributed by atoms with Crippen molar-refractivity contribution in [2.45, 2.75) is 236 Å². The van der Waals surface area contributed by atoms with Crippen LogP contribution < -0.4 is 29.1 Å². The maximum atomic E-state index is 5.82. The van der Waals surface area contributed by atoms with E-state index in [0.717, 1.165) is 54.4 Å². The second-order valence-corrected chi connectivity index (χ2v) is 44.0. The predicted octanol–water partition coefficient (Wildman–Crippen LogP) is 25.6. The summed E-state index contributed by atoms with van der Waals surface area (Å²) in [6.07, 6.45) is 26.0. The van der Waals surface area contributed by atoms with Crippen LogP contribution in [0.4, 0.5) is 22.7 Å². The maximum absolute atomic E-state index is 5.82. The van der Waals surface area contributed by atoms with Gasteiger partial charge < -0.3 is 24.3 Å². The van der Waals surface area contributed by atoms with Crippen molar-refractivity contribution in [1.29, 1.82) is 0 Å². The Bertz CT molecular complexity index is 3400. The summed E-state index contributed by atoms with van der Waals surface area (Å²) in [4.78, 5) is 9.62. The molecule has 3 aliphatic carbocycles.